The van der Waals surface area contributed by atoms with E-state index in [1.165, 1.54) is 12.8 Å². The first-order valence-corrected chi connectivity index (χ1v) is 9.55. The van der Waals surface area contributed by atoms with Crippen molar-refractivity contribution in [3.05, 3.63) is 24.3 Å². The second-order valence-electron chi connectivity index (χ2n) is 5.39. The van der Waals surface area contributed by atoms with Crippen LogP contribution in [0.3, 0.4) is 0 Å². The fraction of sp³-hybridized carbons (Fsp3) is 0.550. The van der Waals surface area contributed by atoms with Gasteiger partial charge in [-0.05, 0) is 44.5 Å². The van der Waals surface area contributed by atoms with Crippen molar-refractivity contribution < 1.29 is 14.3 Å². The van der Waals surface area contributed by atoms with Gasteiger partial charge in [-0.3, -0.25) is 4.79 Å². The molecule has 4 heteroatoms. The van der Waals surface area contributed by atoms with Crippen molar-refractivity contribution >= 4 is 17.7 Å². The van der Waals surface area contributed by atoms with Gasteiger partial charge in [-0.2, -0.15) is 0 Å². The van der Waals surface area contributed by atoms with Crippen molar-refractivity contribution in [2.45, 2.75) is 63.0 Å². The number of rotatable bonds is 11. The van der Waals surface area contributed by atoms with E-state index in [2.05, 4.69) is 18.8 Å². The summed E-state index contributed by atoms with van der Waals surface area (Å²) < 4.78 is 10.7. The van der Waals surface area contributed by atoms with Gasteiger partial charge in [-0.15, -0.1) is 17.7 Å². The van der Waals surface area contributed by atoms with Crippen LogP contribution in [0.15, 0.2) is 29.2 Å². The largest absolute Gasteiger partial charge is 0.481 e. The molecule has 0 aliphatic rings. The molecule has 1 atom stereocenters. The van der Waals surface area contributed by atoms with E-state index >= 15 is 0 Å². The monoisotopic (exact) mass is 348 g/mol. The van der Waals surface area contributed by atoms with Crippen molar-refractivity contribution in [3.63, 3.8) is 0 Å². The average molecular weight is 349 g/mol. The van der Waals surface area contributed by atoms with Crippen molar-refractivity contribution in [2.75, 3.05) is 13.2 Å². The van der Waals surface area contributed by atoms with E-state index in [0.29, 0.717) is 13.2 Å². The summed E-state index contributed by atoms with van der Waals surface area (Å²) in [7, 11) is 0. The van der Waals surface area contributed by atoms with Gasteiger partial charge in [0.1, 0.15) is 17.6 Å². The maximum absolute atomic E-state index is 12.2. The Balaban J connectivity index is 2.59. The maximum Gasteiger partial charge on any atom is 0.319 e. The molecular weight excluding hydrogens is 320 g/mol. The molecule has 0 aromatic heterocycles. The van der Waals surface area contributed by atoms with Gasteiger partial charge in [0.05, 0.1) is 6.61 Å². The summed E-state index contributed by atoms with van der Waals surface area (Å²) in [6.45, 7) is 6.65. The molecule has 0 amide bonds. The molecule has 0 saturated heterocycles. The SMILES string of the molecule is CC#CCOc1ccc(S[C@@H](CCCCCC)C(=O)OCC)cc1. The number of benzene rings is 1. The van der Waals surface area contributed by atoms with E-state index in [-0.39, 0.29) is 11.2 Å². The molecule has 0 N–H and O–H groups in total. The number of ether oxygens (including phenoxy) is 2. The molecule has 0 unspecified atom stereocenters. The van der Waals surface area contributed by atoms with E-state index in [4.69, 9.17) is 9.47 Å². The first kappa shape index (κ1) is 20.4. The molecular formula is C20H28O3S. The molecule has 0 heterocycles. The number of unbranched alkanes of at least 4 members (excludes halogenated alkanes) is 3. The average Bonchev–Trinajstić information content (AvgIpc) is 2.59. The van der Waals surface area contributed by atoms with Gasteiger partial charge >= 0.3 is 5.97 Å². The van der Waals surface area contributed by atoms with E-state index in [1.54, 1.807) is 18.7 Å². The van der Waals surface area contributed by atoms with Gasteiger partial charge in [0.15, 0.2) is 0 Å². The standard InChI is InChI=1S/C20H28O3S/c1-4-7-9-10-11-19(20(21)22-6-3)24-18-14-12-17(13-15-18)23-16-8-5-2/h12-15,19H,4,6-7,9-11,16H2,1-3H3/t19-/m0/s1. The first-order chi connectivity index (χ1) is 11.7. The van der Waals surface area contributed by atoms with Crippen molar-refractivity contribution in [1.82, 2.24) is 0 Å². The van der Waals surface area contributed by atoms with Gasteiger partial charge in [0.25, 0.3) is 0 Å². The quantitative estimate of drug-likeness (QED) is 0.242. The minimum atomic E-state index is -0.139. The Morgan fingerprint density at radius 3 is 2.54 bits per heavy atom. The van der Waals surface area contributed by atoms with Crippen LogP contribution in [0.25, 0.3) is 0 Å². The van der Waals surface area contributed by atoms with Gasteiger partial charge in [0, 0.05) is 4.90 Å². The van der Waals surface area contributed by atoms with Crippen LogP contribution in [0.5, 0.6) is 5.75 Å². The highest BCUT2D eigenvalue weighted by atomic mass is 32.2. The summed E-state index contributed by atoms with van der Waals surface area (Å²) in [5.74, 6) is 6.34. The first-order valence-electron chi connectivity index (χ1n) is 8.67. The van der Waals surface area contributed by atoms with Gasteiger partial charge < -0.3 is 9.47 Å². The number of carbonyl (C=O) groups is 1. The van der Waals surface area contributed by atoms with Crippen LogP contribution < -0.4 is 4.74 Å². The molecule has 1 rings (SSSR count). The van der Waals surface area contributed by atoms with E-state index in [0.717, 1.165) is 29.9 Å². The molecule has 0 saturated carbocycles. The third-order valence-electron chi connectivity index (χ3n) is 3.46. The van der Waals surface area contributed by atoms with Crippen LogP contribution in [0, 0.1) is 11.8 Å². The third kappa shape index (κ3) is 8.31. The van der Waals surface area contributed by atoms with E-state index in [1.807, 2.05) is 31.2 Å². The highest BCUT2D eigenvalue weighted by molar-refractivity contribution is 8.00. The van der Waals surface area contributed by atoms with Crippen molar-refractivity contribution in [2.24, 2.45) is 0 Å². The van der Waals surface area contributed by atoms with Crippen LogP contribution in [-0.4, -0.2) is 24.4 Å². The zero-order valence-electron chi connectivity index (χ0n) is 15.0. The molecule has 0 fully saturated rings. The fourth-order valence-electron chi connectivity index (χ4n) is 2.19. The molecule has 0 radical (unpaired) electrons. The Kier molecular flexibility index (Phi) is 10.9. The Bertz CT molecular complexity index is 528. The predicted molar refractivity (Wildman–Crippen MR) is 100 cm³/mol. The Hall–Kier alpha value is -1.60. The van der Waals surface area contributed by atoms with Gasteiger partial charge in [-0.1, -0.05) is 38.5 Å². The van der Waals surface area contributed by atoms with Crippen LogP contribution in [0.1, 0.15) is 52.9 Å². The minimum Gasteiger partial charge on any atom is -0.481 e. The molecule has 3 nitrogen and oxygen atoms in total. The normalized spacial score (nSPS) is 11.3. The summed E-state index contributed by atoms with van der Waals surface area (Å²) in [4.78, 5) is 13.2. The van der Waals surface area contributed by atoms with Crippen LogP contribution in [0.4, 0.5) is 0 Å². The van der Waals surface area contributed by atoms with Gasteiger partial charge in [0.2, 0.25) is 0 Å². The third-order valence-corrected chi connectivity index (χ3v) is 4.72. The van der Waals surface area contributed by atoms with E-state index in [9.17, 15) is 4.79 Å². The topological polar surface area (TPSA) is 35.5 Å². The molecule has 132 valence electrons. The summed E-state index contributed by atoms with van der Waals surface area (Å²) >= 11 is 1.57. The lowest BCUT2D eigenvalue weighted by atomic mass is 10.1. The molecule has 1 aromatic rings. The molecule has 1 aromatic carbocycles. The highest BCUT2D eigenvalue weighted by Crippen LogP contribution is 2.29. The zero-order valence-corrected chi connectivity index (χ0v) is 15.8. The second-order valence-corrected chi connectivity index (χ2v) is 6.67. The Morgan fingerprint density at radius 2 is 1.92 bits per heavy atom. The Labute approximate surface area is 150 Å². The highest BCUT2D eigenvalue weighted by Gasteiger charge is 2.20. The number of carbonyl (C=O) groups excluding carboxylic acids is 1. The van der Waals surface area contributed by atoms with Crippen LogP contribution in [-0.2, 0) is 9.53 Å². The molecule has 24 heavy (non-hydrogen) atoms. The molecule has 0 aliphatic heterocycles. The Morgan fingerprint density at radius 1 is 1.17 bits per heavy atom. The number of esters is 1. The molecule has 0 spiro atoms. The summed E-state index contributed by atoms with van der Waals surface area (Å²) in [6, 6.07) is 7.80. The number of thioether (sulfide) groups is 1. The van der Waals surface area contributed by atoms with Crippen LogP contribution >= 0.6 is 11.8 Å². The lowest BCUT2D eigenvalue weighted by Crippen LogP contribution is -2.20. The number of hydrogen-bond acceptors (Lipinski definition) is 4. The van der Waals surface area contributed by atoms with Crippen molar-refractivity contribution in [1.29, 1.82) is 0 Å². The van der Waals surface area contributed by atoms with Crippen molar-refractivity contribution in [3.8, 4) is 17.6 Å². The number of hydrogen-bond donors (Lipinski definition) is 0. The van der Waals surface area contributed by atoms with Crippen LogP contribution in [0.2, 0.25) is 0 Å². The maximum atomic E-state index is 12.2. The molecule has 0 bridgehead atoms. The summed E-state index contributed by atoms with van der Waals surface area (Å²) in [5, 5.41) is -0.139. The lowest BCUT2D eigenvalue weighted by Gasteiger charge is -2.15. The summed E-state index contributed by atoms with van der Waals surface area (Å²) in [6.07, 6.45) is 5.49. The minimum absolute atomic E-state index is 0.113. The fourth-order valence-corrected chi connectivity index (χ4v) is 3.26. The van der Waals surface area contributed by atoms with E-state index < -0.39 is 0 Å². The lowest BCUT2D eigenvalue weighted by molar-refractivity contribution is -0.142. The molecule has 0 aliphatic carbocycles. The second kappa shape index (κ2) is 12.8. The smallest absolute Gasteiger partial charge is 0.319 e. The van der Waals surface area contributed by atoms with Gasteiger partial charge in [-0.25, -0.2) is 0 Å². The predicted octanol–water partition coefficient (Wildman–Crippen LogP) is 5.08. The summed E-state index contributed by atoms with van der Waals surface area (Å²) in [5.41, 5.74) is 0. The zero-order chi connectivity index (χ0) is 17.6.